The Labute approximate surface area is 89.7 Å². The van der Waals surface area contributed by atoms with E-state index in [-0.39, 0.29) is 5.91 Å². The summed E-state index contributed by atoms with van der Waals surface area (Å²) >= 11 is 0. The van der Waals surface area contributed by atoms with Crippen molar-refractivity contribution in [3.8, 4) is 0 Å². The van der Waals surface area contributed by atoms with Gasteiger partial charge in [-0.2, -0.15) is 5.10 Å². The van der Waals surface area contributed by atoms with Gasteiger partial charge >= 0.3 is 0 Å². The number of carbonyl (C=O) groups excluding carboxylic acids is 1. The SMILES string of the molecule is Cc1nn(C)c(C)c1C[C@@H]1CCC(=O)N1. The molecule has 15 heavy (non-hydrogen) atoms. The number of aryl methyl sites for hydroxylation is 2. The predicted octanol–water partition coefficient (Wildman–Crippen LogP) is 0.858. The third kappa shape index (κ3) is 1.89. The summed E-state index contributed by atoms with van der Waals surface area (Å²) in [6.07, 6.45) is 2.53. The Balaban J connectivity index is 2.13. The number of nitrogens with zero attached hydrogens (tertiary/aromatic N) is 2. The molecule has 1 N–H and O–H groups in total. The van der Waals surface area contributed by atoms with Gasteiger partial charge in [-0.15, -0.1) is 0 Å². The fourth-order valence-electron chi connectivity index (χ4n) is 2.19. The Morgan fingerprint density at radius 2 is 2.27 bits per heavy atom. The summed E-state index contributed by atoms with van der Waals surface area (Å²) < 4.78 is 1.90. The minimum atomic E-state index is 0.180. The molecule has 1 fully saturated rings. The summed E-state index contributed by atoms with van der Waals surface area (Å²) in [6.45, 7) is 4.10. The number of nitrogens with one attached hydrogen (secondary N) is 1. The first-order chi connectivity index (χ1) is 7.08. The largest absolute Gasteiger partial charge is 0.353 e. The Morgan fingerprint density at radius 1 is 1.53 bits per heavy atom. The van der Waals surface area contributed by atoms with Crippen LogP contribution in [-0.4, -0.2) is 21.7 Å². The van der Waals surface area contributed by atoms with Crippen molar-refractivity contribution in [2.75, 3.05) is 0 Å². The van der Waals surface area contributed by atoms with Crippen LogP contribution in [0.5, 0.6) is 0 Å². The molecule has 2 heterocycles. The molecule has 0 unspecified atom stereocenters. The summed E-state index contributed by atoms with van der Waals surface area (Å²) in [5.74, 6) is 0.180. The van der Waals surface area contributed by atoms with E-state index in [4.69, 9.17) is 0 Å². The van der Waals surface area contributed by atoms with Gasteiger partial charge in [0.25, 0.3) is 0 Å². The standard InChI is InChI=1S/C11H17N3O/c1-7-10(8(2)14(3)13-7)6-9-4-5-11(15)12-9/h9H,4-6H2,1-3H3,(H,12,15)/t9-/m0/s1. The minimum Gasteiger partial charge on any atom is -0.353 e. The molecule has 1 atom stereocenters. The average molecular weight is 207 g/mol. The zero-order valence-corrected chi connectivity index (χ0v) is 9.50. The van der Waals surface area contributed by atoms with Crippen molar-refractivity contribution >= 4 is 5.91 Å². The Hall–Kier alpha value is -1.32. The van der Waals surface area contributed by atoms with Crippen molar-refractivity contribution < 1.29 is 4.79 Å². The van der Waals surface area contributed by atoms with Crippen LogP contribution >= 0.6 is 0 Å². The van der Waals surface area contributed by atoms with E-state index in [1.807, 2.05) is 18.7 Å². The van der Waals surface area contributed by atoms with Crippen LogP contribution in [0.15, 0.2) is 0 Å². The Morgan fingerprint density at radius 3 is 2.73 bits per heavy atom. The lowest BCUT2D eigenvalue weighted by molar-refractivity contribution is -0.119. The molecule has 0 radical (unpaired) electrons. The maximum absolute atomic E-state index is 11.1. The molecule has 0 aromatic carbocycles. The highest BCUT2D eigenvalue weighted by molar-refractivity contribution is 5.78. The van der Waals surface area contributed by atoms with Crippen LogP contribution in [-0.2, 0) is 18.3 Å². The molecule has 4 nitrogen and oxygen atoms in total. The van der Waals surface area contributed by atoms with Crippen molar-refractivity contribution in [3.63, 3.8) is 0 Å². The lowest BCUT2D eigenvalue weighted by atomic mass is 10.0. The molecule has 1 aromatic heterocycles. The monoisotopic (exact) mass is 207 g/mol. The molecule has 1 saturated heterocycles. The summed E-state index contributed by atoms with van der Waals surface area (Å²) in [4.78, 5) is 11.1. The van der Waals surface area contributed by atoms with E-state index in [2.05, 4.69) is 17.3 Å². The van der Waals surface area contributed by atoms with Gasteiger partial charge in [-0.3, -0.25) is 9.48 Å². The normalized spacial score (nSPS) is 20.7. The molecule has 1 aromatic rings. The van der Waals surface area contributed by atoms with Crippen molar-refractivity contribution in [1.29, 1.82) is 0 Å². The molecule has 4 heteroatoms. The van der Waals surface area contributed by atoms with Gasteiger partial charge in [-0.05, 0) is 32.3 Å². The van der Waals surface area contributed by atoms with E-state index in [1.165, 1.54) is 11.3 Å². The molecule has 0 saturated carbocycles. The lowest BCUT2D eigenvalue weighted by Gasteiger charge is -2.09. The second-order valence-electron chi connectivity index (χ2n) is 4.28. The minimum absolute atomic E-state index is 0.180. The van der Waals surface area contributed by atoms with Gasteiger partial charge in [-0.25, -0.2) is 0 Å². The van der Waals surface area contributed by atoms with Gasteiger partial charge < -0.3 is 5.32 Å². The molecule has 2 rings (SSSR count). The number of rotatable bonds is 2. The van der Waals surface area contributed by atoms with E-state index in [0.717, 1.165) is 18.5 Å². The molecule has 82 valence electrons. The molecule has 0 spiro atoms. The summed E-state index contributed by atoms with van der Waals surface area (Å²) in [5, 5.41) is 7.37. The van der Waals surface area contributed by atoms with Crippen LogP contribution in [0.1, 0.15) is 29.8 Å². The first kappa shape index (κ1) is 10.2. The van der Waals surface area contributed by atoms with Crippen molar-refractivity contribution in [2.45, 2.75) is 39.2 Å². The first-order valence-corrected chi connectivity index (χ1v) is 5.36. The second kappa shape index (κ2) is 3.68. The number of carbonyl (C=O) groups is 1. The highest BCUT2D eigenvalue weighted by atomic mass is 16.1. The quantitative estimate of drug-likeness (QED) is 0.781. The van der Waals surface area contributed by atoms with Crippen molar-refractivity contribution in [2.24, 2.45) is 7.05 Å². The van der Waals surface area contributed by atoms with E-state index in [0.29, 0.717) is 12.5 Å². The van der Waals surface area contributed by atoms with Crippen LogP contribution < -0.4 is 5.32 Å². The topological polar surface area (TPSA) is 46.9 Å². The number of amides is 1. The van der Waals surface area contributed by atoms with Gasteiger partial charge in [0, 0.05) is 25.2 Å². The van der Waals surface area contributed by atoms with Gasteiger partial charge in [0.05, 0.1) is 5.69 Å². The second-order valence-corrected chi connectivity index (χ2v) is 4.28. The van der Waals surface area contributed by atoms with Crippen LogP contribution in [0.3, 0.4) is 0 Å². The van der Waals surface area contributed by atoms with Crippen LogP contribution in [0.2, 0.25) is 0 Å². The van der Waals surface area contributed by atoms with Gasteiger partial charge in [0.15, 0.2) is 0 Å². The zero-order valence-electron chi connectivity index (χ0n) is 9.50. The smallest absolute Gasteiger partial charge is 0.220 e. The molecular formula is C11H17N3O. The summed E-state index contributed by atoms with van der Waals surface area (Å²) in [5.41, 5.74) is 3.56. The summed E-state index contributed by atoms with van der Waals surface area (Å²) in [6, 6.07) is 0.305. The maximum Gasteiger partial charge on any atom is 0.220 e. The van der Waals surface area contributed by atoms with Crippen molar-refractivity contribution in [1.82, 2.24) is 15.1 Å². The highest BCUT2D eigenvalue weighted by Crippen LogP contribution is 2.18. The molecule has 0 aliphatic carbocycles. The summed E-state index contributed by atoms with van der Waals surface area (Å²) in [7, 11) is 1.96. The molecule has 0 bridgehead atoms. The third-order valence-electron chi connectivity index (χ3n) is 3.19. The fourth-order valence-corrected chi connectivity index (χ4v) is 2.19. The zero-order chi connectivity index (χ0) is 11.0. The number of hydrogen-bond donors (Lipinski definition) is 1. The lowest BCUT2D eigenvalue weighted by Crippen LogP contribution is -2.27. The van der Waals surface area contributed by atoms with Gasteiger partial charge in [0.2, 0.25) is 5.91 Å². The van der Waals surface area contributed by atoms with E-state index in [9.17, 15) is 4.79 Å². The highest BCUT2D eigenvalue weighted by Gasteiger charge is 2.23. The Bertz CT molecular complexity index is 395. The fraction of sp³-hybridized carbons (Fsp3) is 0.636. The molecule has 1 aliphatic heterocycles. The number of aromatic nitrogens is 2. The van der Waals surface area contributed by atoms with Crippen LogP contribution in [0, 0.1) is 13.8 Å². The van der Waals surface area contributed by atoms with E-state index >= 15 is 0 Å². The average Bonchev–Trinajstić information content (AvgIpc) is 2.67. The molecular weight excluding hydrogens is 190 g/mol. The van der Waals surface area contributed by atoms with E-state index in [1.54, 1.807) is 0 Å². The third-order valence-corrected chi connectivity index (χ3v) is 3.19. The van der Waals surface area contributed by atoms with E-state index < -0.39 is 0 Å². The number of hydrogen-bond acceptors (Lipinski definition) is 2. The maximum atomic E-state index is 11.1. The molecule has 1 aliphatic rings. The van der Waals surface area contributed by atoms with Crippen molar-refractivity contribution in [3.05, 3.63) is 17.0 Å². The van der Waals surface area contributed by atoms with Crippen LogP contribution in [0.4, 0.5) is 0 Å². The van der Waals surface area contributed by atoms with Gasteiger partial charge in [0.1, 0.15) is 0 Å². The Kier molecular flexibility index (Phi) is 2.50. The predicted molar refractivity (Wildman–Crippen MR) is 57.6 cm³/mol. The first-order valence-electron chi connectivity index (χ1n) is 5.36. The molecule has 1 amide bonds. The van der Waals surface area contributed by atoms with Gasteiger partial charge in [-0.1, -0.05) is 0 Å². The van der Waals surface area contributed by atoms with Crippen LogP contribution in [0.25, 0.3) is 0 Å².